The van der Waals surface area contributed by atoms with Crippen LogP contribution in [0.2, 0.25) is 0 Å². The Bertz CT molecular complexity index is 1060. The first-order chi connectivity index (χ1) is 14.5. The molecule has 4 heteroatoms. The van der Waals surface area contributed by atoms with Crippen LogP contribution in [0, 0.1) is 0 Å². The molecule has 3 nitrogen and oxygen atoms in total. The van der Waals surface area contributed by atoms with Crippen LogP contribution in [0.4, 0.5) is 5.69 Å². The van der Waals surface area contributed by atoms with Crippen molar-refractivity contribution in [2.75, 3.05) is 10.8 Å². The highest BCUT2D eigenvalue weighted by atomic mass is 32.2. The number of hydrogen-bond acceptors (Lipinski definition) is 3. The molecular formula is C26H29N3S. The average molecular weight is 416 g/mol. The zero-order chi connectivity index (χ0) is 21.1. The summed E-state index contributed by atoms with van der Waals surface area (Å²) in [4.78, 5) is 2.29. The average Bonchev–Trinajstić information content (AvgIpc) is 3.58. The third-order valence-corrected chi connectivity index (χ3v) is 6.58. The van der Waals surface area contributed by atoms with Crippen LogP contribution in [-0.4, -0.2) is 23.2 Å². The van der Waals surface area contributed by atoms with Gasteiger partial charge in [0, 0.05) is 22.4 Å². The van der Waals surface area contributed by atoms with Crippen molar-refractivity contribution in [1.82, 2.24) is 0 Å². The largest absolute Gasteiger partial charge is 0.314 e. The van der Waals surface area contributed by atoms with E-state index in [1.54, 1.807) is 0 Å². The minimum absolute atomic E-state index is 0.130. The quantitative estimate of drug-likeness (QED) is 0.186. The first-order valence-electron chi connectivity index (χ1n) is 10.5. The Morgan fingerprint density at radius 2 is 1.63 bits per heavy atom. The van der Waals surface area contributed by atoms with Crippen LogP contribution in [0.1, 0.15) is 50.7 Å². The molecule has 0 bridgehead atoms. The zero-order valence-electron chi connectivity index (χ0n) is 18.0. The molecule has 1 aliphatic carbocycles. The fourth-order valence-corrected chi connectivity index (χ4v) is 4.49. The summed E-state index contributed by atoms with van der Waals surface area (Å²) in [5.41, 5.74) is 3.67. The maximum absolute atomic E-state index is 4.49. The smallest absolute Gasteiger partial charge is 0.163 e. The van der Waals surface area contributed by atoms with Crippen LogP contribution < -0.4 is 4.90 Å². The summed E-state index contributed by atoms with van der Waals surface area (Å²) in [5, 5.41) is 11.0. The molecule has 0 unspecified atom stereocenters. The SMILES string of the molecule is C=N/N=C(/c1ccccc1)N(CSC(C)(C)C)c1ccc(C2CC2)c2ccccc12. The minimum atomic E-state index is 0.130. The molecule has 0 amide bonds. The number of amidine groups is 1. The van der Waals surface area contributed by atoms with Crippen molar-refractivity contribution in [3.05, 3.63) is 77.9 Å². The first kappa shape index (κ1) is 20.7. The Balaban J connectivity index is 1.87. The van der Waals surface area contributed by atoms with Crippen LogP contribution in [0.5, 0.6) is 0 Å². The van der Waals surface area contributed by atoms with Crippen LogP contribution in [-0.2, 0) is 0 Å². The van der Waals surface area contributed by atoms with Crippen molar-refractivity contribution in [2.24, 2.45) is 10.2 Å². The molecule has 1 saturated carbocycles. The van der Waals surface area contributed by atoms with Gasteiger partial charge in [-0.3, -0.25) is 0 Å². The molecule has 1 fully saturated rings. The van der Waals surface area contributed by atoms with Crippen molar-refractivity contribution in [3.63, 3.8) is 0 Å². The second kappa shape index (κ2) is 8.65. The molecule has 0 radical (unpaired) electrons. The van der Waals surface area contributed by atoms with E-state index in [4.69, 9.17) is 0 Å². The number of anilines is 1. The lowest BCUT2D eigenvalue weighted by molar-refractivity contribution is 0.802. The molecule has 3 aromatic carbocycles. The number of benzene rings is 3. The van der Waals surface area contributed by atoms with Crippen LogP contribution in [0.15, 0.2) is 76.9 Å². The molecule has 0 saturated heterocycles. The Morgan fingerprint density at radius 3 is 2.27 bits per heavy atom. The predicted octanol–water partition coefficient (Wildman–Crippen LogP) is 7.08. The zero-order valence-corrected chi connectivity index (χ0v) is 18.8. The van der Waals surface area contributed by atoms with E-state index in [2.05, 4.69) is 91.1 Å². The molecule has 0 aliphatic heterocycles. The number of rotatable bonds is 6. The van der Waals surface area contributed by atoms with Gasteiger partial charge in [-0.1, -0.05) is 81.4 Å². The van der Waals surface area contributed by atoms with E-state index in [-0.39, 0.29) is 4.75 Å². The molecule has 30 heavy (non-hydrogen) atoms. The fraction of sp³-hybridized carbons (Fsp3) is 0.308. The number of nitrogens with zero attached hydrogens (tertiary/aromatic N) is 3. The van der Waals surface area contributed by atoms with Gasteiger partial charge in [0.25, 0.3) is 0 Å². The Kier molecular flexibility index (Phi) is 5.96. The van der Waals surface area contributed by atoms with E-state index in [0.29, 0.717) is 5.92 Å². The van der Waals surface area contributed by atoms with E-state index in [0.717, 1.165) is 23.0 Å². The summed E-state index contributed by atoms with van der Waals surface area (Å²) >= 11 is 1.90. The summed E-state index contributed by atoms with van der Waals surface area (Å²) in [6.07, 6.45) is 2.59. The molecule has 0 heterocycles. The van der Waals surface area contributed by atoms with Gasteiger partial charge in [-0.15, -0.1) is 16.9 Å². The fourth-order valence-electron chi connectivity index (χ4n) is 3.72. The van der Waals surface area contributed by atoms with E-state index in [1.165, 1.54) is 29.2 Å². The van der Waals surface area contributed by atoms with Gasteiger partial charge in [-0.25, -0.2) is 0 Å². The lowest BCUT2D eigenvalue weighted by Gasteiger charge is -2.30. The van der Waals surface area contributed by atoms with Crippen molar-refractivity contribution in [2.45, 2.75) is 44.3 Å². The lowest BCUT2D eigenvalue weighted by atomic mass is 9.99. The molecule has 154 valence electrons. The van der Waals surface area contributed by atoms with Crippen LogP contribution in [0.3, 0.4) is 0 Å². The maximum Gasteiger partial charge on any atom is 0.163 e. The molecule has 0 N–H and O–H groups in total. The summed E-state index contributed by atoms with van der Waals surface area (Å²) in [6, 6.07) is 23.6. The molecule has 4 rings (SSSR count). The van der Waals surface area contributed by atoms with Gasteiger partial charge in [0.1, 0.15) is 0 Å². The highest BCUT2D eigenvalue weighted by Crippen LogP contribution is 2.45. The highest BCUT2D eigenvalue weighted by molar-refractivity contribution is 8.00. The summed E-state index contributed by atoms with van der Waals surface area (Å²) in [5.74, 6) is 2.31. The van der Waals surface area contributed by atoms with Gasteiger partial charge in [0.05, 0.1) is 11.6 Å². The van der Waals surface area contributed by atoms with Gasteiger partial charge in [-0.05, 0) is 35.8 Å². The molecule has 0 atom stereocenters. The van der Waals surface area contributed by atoms with E-state index in [9.17, 15) is 0 Å². The highest BCUT2D eigenvalue weighted by Gasteiger charge is 2.27. The van der Waals surface area contributed by atoms with Crippen LogP contribution >= 0.6 is 11.8 Å². The van der Waals surface area contributed by atoms with Crippen molar-refractivity contribution < 1.29 is 0 Å². The van der Waals surface area contributed by atoms with Gasteiger partial charge in [0.2, 0.25) is 0 Å². The van der Waals surface area contributed by atoms with E-state index >= 15 is 0 Å². The van der Waals surface area contributed by atoms with Gasteiger partial charge < -0.3 is 4.90 Å². The molecule has 0 spiro atoms. The van der Waals surface area contributed by atoms with Crippen LogP contribution in [0.25, 0.3) is 10.8 Å². The van der Waals surface area contributed by atoms with E-state index in [1.807, 2.05) is 30.0 Å². The maximum atomic E-state index is 4.49. The van der Waals surface area contributed by atoms with Crippen molar-refractivity contribution in [3.8, 4) is 0 Å². The Morgan fingerprint density at radius 1 is 0.967 bits per heavy atom. The third kappa shape index (κ3) is 4.59. The van der Waals surface area contributed by atoms with Gasteiger partial charge in [0.15, 0.2) is 5.84 Å². The summed E-state index contributed by atoms with van der Waals surface area (Å²) < 4.78 is 0.130. The van der Waals surface area contributed by atoms with Gasteiger partial charge in [-0.2, -0.15) is 5.10 Å². The molecule has 0 aromatic heterocycles. The Labute approximate surface area is 183 Å². The predicted molar refractivity (Wildman–Crippen MR) is 133 cm³/mol. The monoisotopic (exact) mass is 415 g/mol. The van der Waals surface area contributed by atoms with Crippen molar-refractivity contribution >= 4 is 40.8 Å². The standard InChI is InChI=1S/C26H29N3S/c1-26(2,3)30-18-29(25(28-27-4)20-10-6-5-7-11-20)24-17-16-21(19-14-15-19)22-12-8-9-13-23(22)24/h5-13,16-17,19H,4,14-15,18H2,1-3H3/b28-25-. The topological polar surface area (TPSA) is 28.0 Å². The van der Waals surface area contributed by atoms with Crippen molar-refractivity contribution in [1.29, 1.82) is 0 Å². The lowest BCUT2D eigenvalue weighted by Crippen LogP contribution is -2.33. The molecule has 1 aliphatic rings. The second-order valence-electron chi connectivity index (χ2n) is 8.74. The molecular weight excluding hydrogens is 386 g/mol. The molecule has 3 aromatic rings. The normalized spacial score (nSPS) is 14.7. The summed E-state index contributed by atoms with van der Waals surface area (Å²) in [6.45, 7) is 10.4. The van der Waals surface area contributed by atoms with Gasteiger partial charge >= 0.3 is 0 Å². The number of hydrogen-bond donors (Lipinski definition) is 0. The summed E-state index contributed by atoms with van der Waals surface area (Å²) in [7, 11) is 0. The Hall–Kier alpha value is -2.59. The number of thioether (sulfide) groups is 1. The third-order valence-electron chi connectivity index (χ3n) is 5.32. The number of fused-ring (bicyclic) bond motifs is 1. The van der Waals surface area contributed by atoms with E-state index < -0.39 is 0 Å². The minimum Gasteiger partial charge on any atom is -0.314 e. The second-order valence-corrected chi connectivity index (χ2v) is 10.5. The first-order valence-corrected chi connectivity index (χ1v) is 11.5.